The van der Waals surface area contributed by atoms with Gasteiger partial charge in [-0.05, 0) is 62.9 Å². The van der Waals surface area contributed by atoms with Crippen LogP contribution >= 0.6 is 0 Å². The summed E-state index contributed by atoms with van der Waals surface area (Å²) >= 11 is 0. The highest BCUT2D eigenvalue weighted by molar-refractivity contribution is 6.14. The van der Waals surface area contributed by atoms with Crippen molar-refractivity contribution in [1.82, 2.24) is 9.55 Å². The summed E-state index contributed by atoms with van der Waals surface area (Å²) in [6.07, 6.45) is 0. The molecule has 0 spiro atoms. The first-order valence-corrected chi connectivity index (χ1v) is 18.5. The van der Waals surface area contributed by atoms with Gasteiger partial charge in [0, 0.05) is 33.2 Å². The molecule has 0 aliphatic heterocycles. The molecule has 0 bridgehead atoms. The SMILES string of the molecule is CC(C)(C)c1cc(-c2nc3c(-c4ccc5c(c4)C(=O)c4ccccc4C5(C)C)cccc3n2-c2ccccc2-c2ccccc2)c(O)c(C(C)(C)C)c1. The molecule has 8 rings (SSSR count). The molecule has 0 fully saturated rings. The fourth-order valence-corrected chi connectivity index (χ4v) is 8.06. The van der Waals surface area contributed by atoms with Crippen LogP contribution in [0.3, 0.4) is 0 Å². The van der Waals surface area contributed by atoms with Gasteiger partial charge in [-0.15, -0.1) is 0 Å². The molecule has 1 heterocycles. The maximum absolute atomic E-state index is 14.1. The third-order valence-corrected chi connectivity index (χ3v) is 11.0. The van der Waals surface area contributed by atoms with Crippen LogP contribution in [0.5, 0.6) is 5.75 Å². The molecule has 7 aromatic rings. The van der Waals surface area contributed by atoms with E-state index in [4.69, 9.17) is 4.98 Å². The van der Waals surface area contributed by atoms with Gasteiger partial charge in [-0.2, -0.15) is 0 Å². The van der Waals surface area contributed by atoms with Crippen molar-refractivity contribution in [3.63, 3.8) is 0 Å². The molecule has 0 amide bonds. The Morgan fingerprint density at radius 3 is 1.94 bits per heavy atom. The molecular weight excluding hydrogens is 649 g/mol. The normalized spacial score (nSPS) is 13.9. The summed E-state index contributed by atoms with van der Waals surface area (Å²) < 4.78 is 2.21. The summed E-state index contributed by atoms with van der Waals surface area (Å²) in [5.41, 5.74) is 12.1. The quantitative estimate of drug-likeness (QED) is 0.200. The fourth-order valence-electron chi connectivity index (χ4n) is 8.06. The number of carbonyl (C=O) groups is 1. The third-order valence-electron chi connectivity index (χ3n) is 11.0. The van der Waals surface area contributed by atoms with Gasteiger partial charge in [-0.1, -0.05) is 159 Å². The summed E-state index contributed by atoms with van der Waals surface area (Å²) in [5, 5.41) is 12.2. The Labute approximate surface area is 312 Å². The van der Waals surface area contributed by atoms with E-state index in [1.165, 1.54) is 0 Å². The number of nitrogens with zero attached hydrogens (tertiary/aromatic N) is 2. The second-order valence-electron chi connectivity index (χ2n) is 17.0. The first-order valence-electron chi connectivity index (χ1n) is 18.5. The minimum Gasteiger partial charge on any atom is -0.507 e. The lowest BCUT2D eigenvalue weighted by Gasteiger charge is -2.34. The third kappa shape index (κ3) is 5.60. The van der Waals surface area contributed by atoms with Gasteiger partial charge in [0.1, 0.15) is 11.6 Å². The number of imidazole rings is 1. The van der Waals surface area contributed by atoms with Gasteiger partial charge in [-0.3, -0.25) is 9.36 Å². The number of para-hydroxylation sites is 2. The molecule has 0 saturated heterocycles. The largest absolute Gasteiger partial charge is 0.507 e. The lowest BCUT2D eigenvalue weighted by Crippen LogP contribution is -2.30. The lowest BCUT2D eigenvalue weighted by atomic mass is 9.68. The van der Waals surface area contributed by atoms with Crippen LogP contribution < -0.4 is 0 Å². The molecule has 0 atom stereocenters. The zero-order valence-corrected chi connectivity index (χ0v) is 31.9. The molecule has 1 aliphatic carbocycles. The topological polar surface area (TPSA) is 55.1 Å². The summed E-state index contributed by atoms with van der Waals surface area (Å²) in [4.78, 5) is 19.6. The molecule has 0 radical (unpaired) electrons. The van der Waals surface area contributed by atoms with Crippen molar-refractivity contribution >= 4 is 16.8 Å². The Bertz CT molecular complexity index is 2580. The monoisotopic (exact) mass is 694 g/mol. The highest BCUT2D eigenvalue weighted by Crippen LogP contribution is 2.46. The van der Waals surface area contributed by atoms with Crippen LogP contribution in [0, 0.1) is 0 Å². The minimum absolute atomic E-state index is 0.0468. The number of phenols is 1. The van der Waals surface area contributed by atoms with Crippen molar-refractivity contribution in [3.8, 4) is 45.1 Å². The van der Waals surface area contributed by atoms with Crippen LogP contribution in [0.15, 0.2) is 127 Å². The van der Waals surface area contributed by atoms with Crippen LogP contribution in [-0.4, -0.2) is 20.4 Å². The molecule has 0 saturated carbocycles. The smallest absolute Gasteiger partial charge is 0.193 e. The highest BCUT2D eigenvalue weighted by atomic mass is 16.3. The Kier molecular flexibility index (Phi) is 7.88. The zero-order valence-electron chi connectivity index (χ0n) is 31.9. The van der Waals surface area contributed by atoms with Gasteiger partial charge in [0.05, 0.1) is 22.3 Å². The van der Waals surface area contributed by atoms with E-state index in [0.717, 1.165) is 72.4 Å². The second kappa shape index (κ2) is 12.2. The minimum atomic E-state index is -0.319. The molecule has 4 nitrogen and oxygen atoms in total. The number of phenolic OH excluding ortho intramolecular Hbond substituents is 1. The van der Waals surface area contributed by atoms with Gasteiger partial charge in [0.15, 0.2) is 5.78 Å². The van der Waals surface area contributed by atoms with Gasteiger partial charge in [0.25, 0.3) is 0 Å². The maximum Gasteiger partial charge on any atom is 0.193 e. The summed E-state index contributed by atoms with van der Waals surface area (Å²) in [6.45, 7) is 17.4. The van der Waals surface area contributed by atoms with E-state index in [0.29, 0.717) is 11.4 Å². The number of aromatic hydroxyl groups is 1. The van der Waals surface area contributed by atoms with E-state index in [-0.39, 0.29) is 27.8 Å². The van der Waals surface area contributed by atoms with Crippen LogP contribution in [0.4, 0.5) is 0 Å². The van der Waals surface area contributed by atoms with Crippen molar-refractivity contribution in [2.45, 2.75) is 71.6 Å². The number of aromatic nitrogens is 2. The van der Waals surface area contributed by atoms with Crippen LogP contribution in [-0.2, 0) is 16.2 Å². The van der Waals surface area contributed by atoms with Crippen molar-refractivity contribution in [3.05, 3.63) is 161 Å². The average Bonchev–Trinajstić information content (AvgIpc) is 3.53. The van der Waals surface area contributed by atoms with Crippen molar-refractivity contribution in [2.24, 2.45) is 0 Å². The van der Waals surface area contributed by atoms with Crippen LogP contribution in [0.1, 0.15) is 93.6 Å². The molecule has 264 valence electrons. The highest BCUT2D eigenvalue weighted by Gasteiger charge is 2.37. The van der Waals surface area contributed by atoms with E-state index in [9.17, 15) is 9.90 Å². The number of rotatable bonds is 4. The second-order valence-corrected chi connectivity index (χ2v) is 17.0. The molecule has 0 unspecified atom stereocenters. The number of ketones is 1. The molecule has 1 aromatic heterocycles. The number of hydrogen-bond acceptors (Lipinski definition) is 3. The van der Waals surface area contributed by atoms with Gasteiger partial charge >= 0.3 is 0 Å². The Morgan fingerprint density at radius 1 is 0.585 bits per heavy atom. The summed E-state index contributed by atoms with van der Waals surface area (Å²) in [5.74, 6) is 0.945. The lowest BCUT2D eigenvalue weighted by molar-refractivity contribution is 0.103. The predicted octanol–water partition coefficient (Wildman–Crippen LogP) is 12.2. The Balaban J connectivity index is 1.44. The molecular formula is C49H46N2O2. The van der Waals surface area contributed by atoms with Gasteiger partial charge in [0.2, 0.25) is 0 Å². The van der Waals surface area contributed by atoms with Crippen LogP contribution in [0.2, 0.25) is 0 Å². The number of fused-ring (bicyclic) bond motifs is 3. The predicted molar refractivity (Wildman–Crippen MR) is 218 cm³/mol. The number of carbonyl (C=O) groups excluding carboxylic acids is 1. The maximum atomic E-state index is 14.1. The fraction of sp³-hybridized carbons (Fsp3) is 0.224. The van der Waals surface area contributed by atoms with E-state index >= 15 is 0 Å². The number of hydrogen-bond donors (Lipinski definition) is 1. The molecule has 1 aliphatic rings. The van der Waals surface area contributed by atoms with E-state index in [1.807, 2.05) is 24.3 Å². The summed E-state index contributed by atoms with van der Waals surface area (Å²) in [7, 11) is 0. The zero-order chi connectivity index (χ0) is 37.4. The van der Waals surface area contributed by atoms with Gasteiger partial charge in [-0.25, -0.2) is 4.98 Å². The first-order chi connectivity index (χ1) is 25.2. The Hall–Kier alpha value is -5.74. The van der Waals surface area contributed by atoms with E-state index in [1.54, 1.807) is 0 Å². The average molecular weight is 695 g/mol. The van der Waals surface area contributed by atoms with Crippen LogP contribution in [0.25, 0.3) is 50.4 Å². The first kappa shape index (κ1) is 34.4. The molecule has 6 aromatic carbocycles. The standard InChI is InChI=1S/C49H46N2O2/c1-47(2,3)32-28-37(45(53)40(29-32)48(4,5)6)46-50-43-34(31-25-26-39-36(27-31)44(52)35-20-12-14-22-38(35)49(39,7)8)21-16-24-42(43)51(46)41-23-15-13-19-33(41)30-17-10-9-11-18-30/h9-29,53H,1-8H3. The van der Waals surface area contributed by atoms with Crippen molar-refractivity contribution in [1.29, 1.82) is 0 Å². The molecule has 1 N–H and O–H groups in total. The van der Waals surface area contributed by atoms with Gasteiger partial charge < -0.3 is 5.11 Å². The Morgan fingerprint density at radius 2 is 1.23 bits per heavy atom. The van der Waals surface area contributed by atoms with Crippen molar-refractivity contribution in [2.75, 3.05) is 0 Å². The molecule has 4 heteroatoms. The summed E-state index contributed by atoms with van der Waals surface area (Å²) in [6, 6.07) is 43.6. The van der Waals surface area contributed by atoms with E-state index in [2.05, 4.69) is 163 Å². The van der Waals surface area contributed by atoms with E-state index < -0.39 is 0 Å². The molecule has 53 heavy (non-hydrogen) atoms. The van der Waals surface area contributed by atoms with Crippen molar-refractivity contribution < 1.29 is 9.90 Å². The number of benzene rings is 6.